The molecule has 0 saturated carbocycles. The zero-order valence-corrected chi connectivity index (χ0v) is 20.1. The number of sulfonamides is 1. The van der Waals surface area contributed by atoms with Crippen molar-refractivity contribution in [2.75, 3.05) is 13.1 Å². The first-order chi connectivity index (χ1) is 16.8. The molecule has 2 aromatic heterocycles. The number of aryl methyl sites for hydroxylation is 1. The van der Waals surface area contributed by atoms with Gasteiger partial charge in [0.2, 0.25) is 10.0 Å². The molecule has 2 aliphatic rings. The molecule has 1 atom stereocenters. The Kier molecular flexibility index (Phi) is 6.16. The average Bonchev–Trinajstić information content (AvgIpc) is 3.62. The number of carbonyl (C=O) groups excluding carboxylic acids is 1. The number of amides is 1. The lowest BCUT2D eigenvalue weighted by Crippen LogP contribution is -2.34. The molecule has 1 amide bonds. The second-order valence-electron chi connectivity index (χ2n) is 8.83. The van der Waals surface area contributed by atoms with E-state index in [4.69, 9.17) is 4.42 Å². The van der Waals surface area contributed by atoms with Crippen LogP contribution in [0.1, 0.15) is 42.2 Å². The number of furan rings is 1. The van der Waals surface area contributed by atoms with Crippen LogP contribution in [-0.2, 0) is 21.4 Å². The van der Waals surface area contributed by atoms with Crippen LogP contribution in [0.3, 0.4) is 0 Å². The second kappa shape index (κ2) is 9.27. The van der Waals surface area contributed by atoms with Gasteiger partial charge < -0.3 is 8.98 Å². The maximum atomic E-state index is 13.4. The van der Waals surface area contributed by atoms with Gasteiger partial charge >= 0.3 is 0 Å². The lowest BCUT2D eigenvalue weighted by Gasteiger charge is -2.21. The van der Waals surface area contributed by atoms with E-state index in [0.717, 1.165) is 34.2 Å². The molecule has 0 N–H and O–H groups in total. The van der Waals surface area contributed by atoms with Gasteiger partial charge in [-0.3, -0.25) is 9.59 Å². The fourth-order valence-electron chi connectivity index (χ4n) is 4.44. The van der Waals surface area contributed by atoms with E-state index in [1.54, 1.807) is 18.4 Å². The van der Waals surface area contributed by atoms with Crippen LogP contribution in [0.15, 0.2) is 80.2 Å². The second-order valence-corrected chi connectivity index (χ2v) is 10.8. The summed E-state index contributed by atoms with van der Waals surface area (Å²) in [4.78, 5) is 25.9. The van der Waals surface area contributed by atoms with Crippen molar-refractivity contribution in [2.24, 2.45) is 5.10 Å². The fourth-order valence-corrected chi connectivity index (χ4v) is 5.98. The van der Waals surface area contributed by atoms with Crippen LogP contribution in [0, 0.1) is 6.92 Å². The first kappa shape index (κ1) is 23.3. The maximum Gasteiger partial charge on any atom is 0.263 e. The lowest BCUT2D eigenvalue weighted by molar-refractivity contribution is -0.134. The van der Waals surface area contributed by atoms with Gasteiger partial charge in [-0.25, -0.2) is 13.4 Å². The average molecular weight is 495 g/mol. The number of hydrazone groups is 1. The predicted octanol–water partition coefficient (Wildman–Crippen LogP) is 2.91. The molecule has 2 aliphatic heterocycles. The number of nitrogens with zero attached hydrogens (tertiary/aromatic N) is 4. The largest absolute Gasteiger partial charge is 0.467 e. The number of aromatic nitrogens is 1. The number of pyridine rings is 1. The molecule has 1 aromatic carbocycles. The van der Waals surface area contributed by atoms with E-state index in [1.807, 2.05) is 31.2 Å². The molecule has 0 bridgehead atoms. The molecular formula is C25H26N4O5S. The minimum Gasteiger partial charge on any atom is -0.467 e. The van der Waals surface area contributed by atoms with Crippen molar-refractivity contribution in [3.05, 3.63) is 88.2 Å². The molecule has 4 heterocycles. The minimum absolute atomic E-state index is 0.000322. The van der Waals surface area contributed by atoms with E-state index >= 15 is 0 Å². The van der Waals surface area contributed by atoms with E-state index in [0.29, 0.717) is 25.3 Å². The first-order valence-electron chi connectivity index (χ1n) is 11.5. The van der Waals surface area contributed by atoms with Gasteiger partial charge in [0.25, 0.3) is 11.5 Å². The molecule has 9 nitrogen and oxygen atoms in total. The Hall–Kier alpha value is -3.50. The molecule has 182 valence electrons. The third kappa shape index (κ3) is 4.59. The Labute approximate surface area is 203 Å². The minimum atomic E-state index is -3.72. The van der Waals surface area contributed by atoms with Crippen LogP contribution in [0.2, 0.25) is 0 Å². The summed E-state index contributed by atoms with van der Waals surface area (Å²) in [7, 11) is -3.72. The van der Waals surface area contributed by atoms with Gasteiger partial charge in [0, 0.05) is 31.8 Å². The highest BCUT2D eigenvalue weighted by atomic mass is 32.2. The quantitative estimate of drug-likeness (QED) is 0.524. The zero-order chi connectivity index (χ0) is 24.6. The van der Waals surface area contributed by atoms with E-state index in [-0.39, 0.29) is 11.4 Å². The van der Waals surface area contributed by atoms with E-state index in [1.165, 1.54) is 27.6 Å². The highest BCUT2D eigenvalue weighted by Crippen LogP contribution is 2.33. The van der Waals surface area contributed by atoms with Crippen molar-refractivity contribution in [1.29, 1.82) is 0 Å². The van der Waals surface area contributed by atoms with Crippen LogP contribution in [0.5, 0.6) is 0 Å². The zero-order valence-electron chi connectivity index (χ0n) is 19.3. The number of benzene rings is 1. The van der Waals surface area contributed by atoms with Crippen molar-refractivity contribution >= 4 is 21.6 Å². The molecule has 0 spiro atoms. The van der Waals surface area contributed by atoms with Gasteiger partial charge in [0.15, 0.2) is 0 Å². The molecule has 3 aromatic rings. The van der Waals surface area contributed by atoms with Crippen molar-refractivity contribution in [3.63, 3.8) is 0 Å². The first-order valence-corrected chi connectivity index (χ1v) is 13.0. The predicted molar refractivity (Wildman–Crippen MR) is 129 cm³/mol. The third-order valence-electron chi connectivity index (χ3n) is 6.39. The molecule has 0 aliphatic carbocycles. The molecule has 0 radical (unpaired) electrons. The van der Waals surface area contributed by atoms with Gasteiger partial charge in [0.1, 0.15) is 18.3 Å². The van der Waals surface area contributed by atoms with Crippen molar-refractivity contribution in [3.8, 4) is 0 Å². The van der Waals surface area contributed by atoms with Crippen molar-refractivity contribution in [1.82, 2.24) is 13.9 Å². The molecule has 0 unspecified atom stereocenters. The van der Waals surface area contributed by atoms with E-state index in [2.05, 4.69) is 5.10 Å². The Morgan fingerprint density at radius 2 is 1.83 bits per heavy atom. The van der Waals surface area contributed by atoms with Gasteiger partial charge in [-0.05, 0) is 43.5 Å². The van der Waals surface area contributed by atoms with E-state index < -0.39 is 27.5 Å². The summed E-state index contributed by atoms with van der Waals surface area (Å²) in [5, 5.41) is 5.92. The summed E-state index contributed by atoms with van der Waals surface area (Å²) in [6.45, 7) is 2.56. The topological polar surface area (TPSA) is 105 Å². The van der Waals surface area contributed by atoms with Gasteiger partial charge in [0.05, 0.1) is 16.9 Å². The Bertz CT molecular complexity index is 1420. The number of rotatable bonds is 6. The molecule has 1 fully saturated rings. The van der Waals surface area contributed by atoms with Gasteiger partial charge in [-0.1, -0.05) is 29.8 Å². The number of hydrogen-bond acceptors (Lipinski definition) is 6. The lowest BCUT2D eigenvalue weighted by atomic mass is 10.0. The molecule has 1 saturated heterocycles. The Morgan fingerprint density at radius 3 is 2.51 bits per heavy atom. The molecule has 5 rings (SSSR count). The molecule has 35 heavy (non-hydrogen) atoms. The van der Waals surface area contributed by atoms with E-state index in [9.17, 15) is 18.0 Å². The Balaban J connectivity index is 1.44. The van der Waals surface area contributed by atoms with Gasteiger partial charge in [-0.2, -0.15) is 9.41 Å². The summed E-state index contributed by atoms with van der Waals surface area (Å²) in [5.74, 6) is 0.147. The molecule has 10 heteroatoms. The smallest absolute Gasteiger partial charge is 0.263 e. The van der Waals surface area contributed by atoms with Gasteiger partial charge in [-0.15, -0.1) is 0 Å². The van der Waals surface area contributed by atoms with Crippen LogP contribution >= 0.6 is 0 Å². The summed E-state index contributed by atoms with van der Waals surface area (Å²) >= 11 is 0. The summed E-state index contributed by atoms with van der Waals surface area (Å²) in [5.41, 5.74) is 2.29. The fraction of sp³-hybridized carbons (Fsp3) is 0.320. The highest BCUT2D eigenvalue weighted by molar-refractivity contribution is 7.89. The summed E-state index contributed by atoms with van der Waals surface area (Å²) in [6.07, 6.45) is 4.86. The number of hydrogen-bond donors (Lipinski definition) is 0. The highest BCUT2D eigenvalue weighted by Gasteiger charge is 2.35. The normalized spacial score (nSPS) is 18.7. The van der Waals surface area contributed by atoms with Crippen LogP contribution in [-0.4, -0.2) is 47.0 Å². The summed E-state index contributed by atoms with van der Waals surface area (Å²) in [6, 6.07) is 13.4. The SMILES string of the molecule is Cc1ccc(C2=NN(C(=O)Cn3cc(S(=O)(=O)N4CCCC4)ccc3=O)[C@H](c3ccco3)C2)cc1. The Morgan fingerprint density at radius 1 is 1.09 bits per heavy atom. The maximum absolute atomic E-state index is 13.4. The third-order valence-corrected chi connectivity index (χ3v) is 8.27. The van der Waals surface area contributed by atoms with Crippen molar-refractivity contribution in [2.45, 2.75) is 43.7 Å². The summed E-state index contributed by atoms with van der Waals surface area (Å²) < 4.78 is 34.0. The monoisotopic (exact) mass is 494 g/mol. The standard InChI is InChI=1S/C25H26N4O5S/c1-18-6-8-19(9-7-18)21-15-22(23-5-4-14-34-23)29(26-21)25(31)17-27-16-20(10-11-24(27)30)35(32,33)28-12-2-3-13-28/h4-11,14,16,22H,2-3,12-13,15,17H2,1H3/t22-/m0/s1. The number of carbonyl (C=O) groups is 1. The molecular weight excluding hydrogens is 468 g/mol. The van der Waals surface area contributed by atoms with Crippen LogP contribution in [0.25, 0.3) is 0 Å². The van der Waals surface area contributed by atoms with Crippen LogP contribution in [0.4, 0.5) is 0 Å². The van der Waals surface area contributed by atoms with Crippen molar-refractivity contribution < 1.29 is 17.6 Å². The van der Waals surface area contributed by atoms with Crippen LogP contribution < -0.4 is 5.56 Å².